The molecule has 0 aliphatic heterocycles. The third-order valence-electron chi connectivity index (χ3n) is 2.23. The van der Waals surface area contributed by atoms with Gasteiger partial charge in [-0.3, -0.25) is 4.79 Å². The van der Waals surface area contributed by atoms with Gasteiger partial charge in [0.2, 0.25) is 0 Å². The molecule has 0 aromatic heterocycles. The first kappa shape index (κ1) is 12.6. The zero-order chi connectivity index (χ0) is 12.1. The van der Waals surface area contributed by atoms with E-state index in [4.69, 9.17) is 9.84 Å². The Hall–Kier alpha value is -1.51. The third kappa shape index (κ3) is 3.93. The van der Waals surface area contributed by atoms with E-state index in [1.165, 1.54) is 0 Å². The van der Waals surface area contributed by atoms with Crippen molar-refractivity contribution in [1.29, 1.82) is 0 Å². The van der Waals surface area contributed by atoms with E-state index in [0.717, 1.165) is 11.3 Å². The summed E-state index contributed by atoms with van der Waals surface area (Å²) in [6.07, 6.45) is 0.664. The van der Waals surface area contributed by atoms with Crippen LogP contribution in [0.1, 0.15) is 26.3 Å². The smallest absolute Gasteiger partial charge is 0.306 e. The summed E-state index contributed by atoms with van der Waals surface area (Å²) in [5.41, 5.74) is 0.994. The van der Waals surface area contributed by atoms with Gasteiger partial charge in [0.15, 0.2) is 0 Å². The number of hydrogen-bond donors (Lipinski definition) is 1. The number of carboxylic acids is 1. The number of rotatable bonds is 5. The minimum atomic E-state index is -0.768. The van der Waals surface area contributed by atoms with Crippen molar-refractivity contribution in [3.63, 3.8) is 0 Å². The summed E-state index contributed by atoms with van der Waals surface area (Å²) in [6, 6.07) is 7.60. The normalized spacial score (nSPS) is 12.5. The number of aliphatic carboxylic acids is 1. The van der Waals surface area contributed by atoms with E-state index < -0.39 is 5.97 Å². The molecule has 0 aliphatic rings. The summed E-state index contributed by atoms with van der Waals surface area (Å²) in [7, 11) is 0. The summed E-state index contributed by atoms with van der Waals surface area (Å²) in [5, 5.41) is 8.83. The number of carboxylic acid groups (broad SMARTS) is 1. The first-order chi connectivity index (χ1) is 7.49. The largest absolute Gasteiger partial charge is 0.491 e. The molecule has 1 rings (SSSR count). The highest BCUT2D eigenvalue weighted by molar-refractivity contribution is 5.69. The molecule has 0 bridgehead atoms. The molecule has 0 saturated carbocycles. The molecule has 0 saturated heterocycles. The molecule has 0 amide bonds. The van der Waals surface area contributed by atoms with Gasteiger partial charge < -0.3 is 9.84 Å². The summed E-state index contributed by atoms with van der Waals surface area (Å²) in [6.45, 7) is 5.64. The Morgan fingerprint density at radius 3 is 2.62 bits per heavy atom. The standard InChI is InChI=1S/C13H18O3/c1-9(2)16-12-6-4-5-11(8-12)7-10(3)13(14)15/h4-6,8-10H,7H2,1-3H3,(H,14,15). The fourth-order valence-corrected chi connectivity index (χ4v) is 1.46. The van der Waals surface area contributed by atoms with E-state index in [2.05, 4.69) is 0 Å². The first-order valence-electron chi connectivity index (χ1n) is 5.47. The average molecular weight is 222 g/mol. The van der Waals surface area contributed by atoms with E-state index in [9.17, 15) is 4.79 Å². The molecule has 1 N–H and O–H groups in total. The van der Waals surface area contributed by atoms with Crippen LogP contribution >= 0.6 is 0 Å². The van der Waals surface area contributed by atoms with Crippen molar-refractivity contribution >= 4 is 5.97 Å². The van der Waals surface area contributed by atoms with Gasteiger partial charge in [0, 0.05) is 0 Å². The van der Waals surface area contributed by atoms with E-state index in [1.807, 2.05) is 38.1 Å². The predicted octanol–water partition coefficient (Wildman–Crippen LogP) is 2.74. The van der Waals surface area contributed by atoms with Crippen molar-refractivity contribution in [1.82, 2.24) is 0 Å². The van der Waals surface area contributed by atoms with Crippen LogP contribution in [-0.2, 0) is 11.2 Å². The molecule has 1 aromatic carbocycles. The molecule has 0 spiro atoms. The van der Waals surface area contributed by atoms with E-state index in [0.29, 0.717) is 6.42 Å². The predicted molar refractivity (Wildman–Crippen MR) is 62.7 cm³/mol. The highest BCUT2D eigenvalue weighted by Crippen LogP contribution is 2.17. The van der Waals surface area contributed by atoms with Gasteiger partial charge in [0.05, 0.1) is 12.0 Å². The van der Waals surface area contributed by atoms with Gasteiger partial charge in [-0.1, -0.05) is 19.1 Å². The minimum Gasteiger partial charge on any atom is -0.491 e. The van der Waals surface area contributed by atoms with Crippen LogP contribution in [-0.4, -0.2) is 17.2 Å². The zero-order valence-electron chi connectivity index (χ0n) is 9.93. The lowest BCUT2D eigenvalue weighted by Gasteiger charge is -2.11. The quantitative estimate of drug-likeness (QED) is 0.833. The van der Waals surface area contributed by atoms with Crippen LogP contribution in [0.4, 0.5) is 0 Å². The van der Waals surface area contributed by atoms with Gasteiger partial charge in [0.25, 0.3) is 0 Å². The maximum atomic E-state index is 10.7. The second kappa shape index (κ2) is 5.54. The van der Waals surface area contributed by atoms with E-state index in [-0.39, 0.29) is 12.0 Å². The van der Waals surface area contributed by atoms with Crippen LogP contribution in [0, 0.1) is 5.92 Å². The van der Waals surface area contributed by atoms with Crippen LogP contribution < -0.4 is 4.74 Å². The van der Waals surface area contributed by atoms with Crippen molar-refractivity contribution in [2.75, 3.05) is 0 Å². The average Bonchev–Trinajstić information content (AvgIpc) is 2.16. The topological polar surface area (TPSA) is 46.5 Å². The first-order valence-corrected chi connectivity index (χ1v) is 5.47. The van der Waals surface area contributed by atoms with Crippen LogP contribution in [0.25, 0.3) is 0 Å². The van der Waals surface area contributed by atoms with Crippen molar-refractivity contribution in [3.8, 4) is 5.75 Å². The molecule has 0 radical (unpaired) electrons. The van der Waals surface area contributed by atoms with Crippen molar-refractivity contribution in [2.24, 2.45) is 5.92 Å². The Kier molecular flexibility index (Phi) is 4.35. The fourth-order valence-electron chi connectivity index (χ4n) is 1.46. The Morgan fingerprint density at radius 2 is 2.06 bits per heavy atom. The van der Waals surface area contributed by atoms with E-state index in [1.54, 1.807) is 6.92 Å². The molecule has 3 nitrogen and oxygen atoms in total. The second-order valence-corrected chi connectivity index (χ2v) is 4.26. The van der Waals surface area contributed by atoms with Crippen molar-refractivity contribution in [3.05, 3.63) is 29.8 Å². The molecule has 1 aromatic rings. The number of hydrogen-bond acceptors (Lipinski definition) is 2. The van der Waals surface area contributed by atoms with Gasteiger partial charge in [-0.2, -0.15) is 0 Å². The van der Waals surface area contributed by atoms with Gasteiger partial charge >= 0.3 is 5.97 Å². The molecule has 88 valence electrons. The van der Waals surface area contributed by atoms with Gasteiger partial charge in [0.1, 0.15) is 5.75 Å². The van der Waals surface area contributed by atoms with Crippen molar-refractivity contribution < 1.29 is 14.6 Å². The lowest BCUT2D eigenvalue weighted by Crippen LogP contribution is -2.12. The Bertz CT molecular complexity index is 358. The SMILES string of the molecule is CC(C)Oc1cccc(CC(C)C(=O)O)c1. The Morgan fingerprint density at radius 1 is 1.38 bits per heavy atom. The Balaban J connectivity index is 2.70. The molecule has 3 heteroatoms. The van der Waals surface area contributed by atoms with Gasteiger partial charge in [-0.15, -0.1) is 0 Å². The number of carbonyl (C=O) groups is 1. The summed E-state index contributed by atoms with van der Waals surface area (Å²) in [5.74, 6) is -0.338. The van der Waals surface area contributed by atoms with Gasteiger partial charge in [-0.25, -0.2) is 0 Å². The highest BCUT2D eigenvalue weighted by Gasteiger charge is 2.11. The monoisotopic (exact) mass is 222 g/mol. The van der Waals surface area contributed by atoms with Gasteiger partial charge in [-0.05, 0) is 38.0 Å². The Labute approximate surface area is 96.1 Å². The van der Waals surface area contributed by atoms with Crippen LogP contribution in [0.15, 0.2) is 24.3 Å². The molecule has 16 heavy (non-hydrogen) atoms. The molecule has 1 unspecified atom stereocenters. The van der Waals surface area contributed by atoms with Crippen molar-refractivity contribution in [2.45, 2.75) is 33.3 Å². The fraction of sp³-hybridized carbons (Fsp3) is 0.462. The van der Waals surface area contributed by atoms with Crippen LogP contribution in [0.2, 0.25) is 0 Å². The molecular weight excluding hydrogens is 204 g/mol. The summed E-state index contributed by atoms with van der Waals surface area (Å²) in [4.78, 5) is 10.7. The maximum absolute atomic E-state index is 10.7. The zero-order valence-corrected chi connectivity index (χ0v) is 9.93. The number of benzene rings is 1. The molecular formula is C13H18O3. The number of ether oxygens (including phenoxy) is 1. The molecule has 0 fully saturated rings. The molecule has 0 aliphatic carbocycles. The molecule has 0 heterocycles. The lowest BCUT2D eigenvalue weighted by molar-refractivity contribution is -0.141. The van der Waals surface area contributed by atoms with Crippen LogP contribution in [0.5, 0.6) is 5.75 Å². The summed E-state index contributed by atoms with van der Waals surface area (Å²) < 4.78 is 5.55. The van der Waals surface area contributed by atoms with E-state index >= 15 is 0 Å². The summed E-state index contributed by atoms with van der Waals surface area (Å²) >= 11 is 0. The maximum Gasteiger partial charge on any atom is 0.306 e. The third-order valence-corrected chi connectivity index (χ3v) is 2.23. The van der Waals surface area contributed by atoms with Crippen LogP contribution in [0.3, 0.4) is 0 Å². The lowest BCUT2D eigenvalue weighted by atomic mass is 10.0. The highest BCUT2D eigenvalue weighted by atomic mass is 16.5. The minimum absolute atomic E-state index is 0.132. The second-order valence-electron chi connectivity index (χ2n) is 4.26. The molecule has 1 atom stereocenters.